The highest BCUT2D eigenvalue weighted by Gasteiger charge is 2.25. The summed E-state index contributed by atoms with van der Waals surface area (Å²) in [6.07, 6.45) is -0.182. The quantitative estimate of drug-likeness (QED) is 0.247. The summed E-state index contributed by atoms with van der Waals surface area (Å²) in [5, 5.41) is 1.66. The number of hydrogen-bond acceptors (Lipinski definition) is 5. The van der Waals surface area contributed by atoms with Crippen LogP contribution < -0.4 is 10.7 Å². The van der Waals surface area contributed by atoms with Crippen molar-refractivity contribution >= 4 is 44.6 Å². The number of carbonyl (C=O) groups is 2. The van der Waals surface area contributed by atoms with E-state index >= 15 is 0 Å². The second-order valence-corrected chi connectivity index (χ2v) is 9.05. The molecular formula is C23H19BrF4N2O5. The zero-order valence-electron chi connectivity index (χ0n) is 18.9. The van der Waals surface area contributed by atoms with Crippen molar-refractivity contribution in [3.05, 3.63) is 67.9 Å². The van der Waals surface area contributed by atoms with E-state index in [-0.39, 0.29) is 12.1 Å². The summed E-state index contributed by atoms with van der Waals surface area (Å²) in [5.41, 5.74) is -3.89. The predicted molar refractivity (Wildman–Crippen MR) is 123 cm³/mol. The summed E-state index contributed by atoms with van der Waals surface area (Å²) >= 11 is 2.86. The third-order valence-electron chi connectivity index (χ3n) is 4.55. The van der Waals surface area contributed by atoms with Crippen molar-refractivity contribution in [2.45, 2.75) is 33.3 Å². The zero-order valence-corrected chi connectivity index (χ0v) is 20.5. The van der Waals surface area contributed by atoms with Crippen LogP contribution >= 0.6 is 15.9 Å². The average Bonchev–Trinajstić information content (AvgIpc) is 2.73. The molecule has 1 heterocycles. The summed E-state index contributed by atoms with van der Waals surface area (Å²) in [6.45, 7) is 6.11. The Morgan fingerprint density at radius 3 is 2.31 bits per heavy atom. The van der Waals surface area contributed by atoms with Gasteiger partial charge in [-0.15, -0.1) is 0 Å². The number of nitrogens with one attached hydrogen (secondary N) is 1. The highest BCUT2D eigenvalue weighted by atomic mass is 79.9. The highest BCUT2D eigenvalue weighted by molar-refractivity contribution is 9.10. The van der Waals surface area contributed by atoms with Gasteiger partial charge in [-0.3, -0.25) is 10.1 Å². The van der Waals surface area contributed by atoms with E-state index in [0.29, 0.717) is 12.1 Å². The van der Waals surface area contributed by atoms with E-state index in [4.69, 9.17) is 9.47 Å². The number of fused-ring (bicyclic) bond motifs is 1. The molecule has 1 amide bonds. The standard InChI is InChI=1S/C23H19BrF4N2O5/c1-5-34-21(32)11-9-30(19-10(20(11)31)6-14(27)18(28)17(19)24)16-8-15(12(25)7-13(16)26)29-22(33)35-23(2,3)4/h6-9H,5H2,1-4H3,(H,29,33). The average molecular weight is 559 g/mol. The number of halogens is 5. The van der Waals surface area contributed by atoms with E-state index in [1.807, 2.05) is 0 Å². The fourth-order valence-corrected chi connectivity index (χ4v) is 3.76. The Balaban J connectivity index is 2.34. The number of ether oxygens (including phenoxy) is 2. The Morgan fingerprint density at radius 2 is 1.71 bits per heavy atom. The monoisotopic (exact) mass is 558 g/mol. The van der Waals surface area contributed by atoms with Gasteiger partial charge in [0.1, 0.15) is 22.8 Å². The maximum absolute atomic E-state index is 15.0. The topological polar surface area (TPSA) is 86.6 Å². The number of anilines is 1. The van der Waals surface area contributed by atoms with Crippen LogP contribution in [0.2, 0.25) is 0 Å². The molecule has 3 aromatic rings. The van der Waals surface area contributed by atoms with Crippen LogP contribution in [0.5, 0.6) is 0 Å². The SMILES string of the molecule is CCOC(=O)c1cn(-c2cc(NC(=O)OC(C)(C)C)c(F)cc2F)c2c(Br)c(F)c(F)cc2c1=O. The molecule has 1 N–H and O–H groups in total. The molecule has 0 saturated heterocycles. The highest BCUT2D eigenvalue weighted by Crippen LogP contribution is 2.32. The molecule has 0 bridgehead atoms. The molecule has 0 atom stereocenters. The molecule has 1 aromatic heterocycles. The predicted octanol–water partition coefficient (Wildman–Crippen LogP) is 5.83. The molecule has 0 aliphatic rings. The molecule has 0 aliphatic heterocycles. The van der Waals surface area contributed by atoms with Gasteiger partial charge in [0, 0.05) is 12.3 Å². The van der Waals surface area contributed by atoms with Crippen LogP contribution in [0.4, 0.5) is 28.0 Å². The Morgan fingerprint density at radius 1 is 1.06 bits per heavy atom. The third-order valence-corrected chi connectivity index (χ3v) is 5.28. The molecule has 2 aromatic carbocycles. The number of hydrogen-bond donors (Lipinski definition) is 1. The van der Waals surface area contributed by atoms with E-state index < -0.39 is 73.2 Å². The lowest BCUT2D eigenvalue weighted by molar-refractivity contribution is 0.0523. The van der Waals surface area contributed by atoms with Gasteiger partial charge < -0.3 is 14.0 Å². The lowest BCUT2D eigenvalue weighted by Gasteiger charge is -2.20. The number of amides is 1. The van der Waals surface area contributed by atoms with Crippen LogP contribution in [0.15, 0.2) is 33.7 Å². The molecule has 0 unspecified atom stereocenters. The number of pyridine rings is 1. The molecule has 0 saturated carbocycles. The number of esters is 1. The molecule has 35 heavy (non-hydrogen) atoms. The van der Waals surface area contributed by atoms with Crippen LogP contribution in [0.25, 0.3) is 16.6 Å². The summed E-state index contributed by atoms with van der Waals surface area (Å²) in [7, 11) is 0. The van der Waals surface area contributed by atoms with Gasteiger partial charge in [0.2, 0.25) is 5.43 Å². The smallest absolute Gasteiger partial charge is 0.412 e. The Bertz CT molecular complexity index is 1420. The molecule has 0 aliphatic carbocycles. The maximum Gasteiger partial charge on any atom is 0.412 e. The number of nitrogens with zero attached hydrogens (tertiary/aromatic N) is 1. The Labute approximate surface area is 204 Å². The van der Waals surface area contributed by atoms with Gasteiger partial charge in [-0.25, -0.2) is 27.2 Å². The molecule has 7 nitrogen and oxygen atoms in total. The van der Waals surface area contributed by atoms with E-state index in [9.17, 15) is 31.9 Å². The van der Waals surface area contributed by atoms with Gasteiger partial charge in [0.15, 0.2) is 11.6 Å². The minimum Gasteiger partial charge on any atom is -0.462 e. The van der Waals surface area contributed by atoms with Crippen molar-refractivity contribution in [2.75, 3.05) is 11.9 Å². The fourth-order valence-electron chi connectivity index (χ4n) is 3.17. The van der Waals surface area contributed by atoms with E-state index in [1.54, 1.807) is 20.8 Å². The maximum atomic E-state index is 15.0. The normalized spacial score (nSPS) is 11.5. The van der Waals surface area contributed by atoms with Crippen LogP contribution in [0.1, 0.15) is 38.1 Å². The van der Waals surface area contributed by atoms with E-state index in [2.05, 4.69) is 21.2 Å². The van der Waals surface area contributed by atoms with Gasteiger partial charge in [0.05, 0.1) is 33.4 Å². The molecular weight excluding hydrogens is 540 g/mol. The summed E-state index contributed by atoms with van der Waals surface area (Å²) in [6, 6.07) is 1.84. The van der Waals surface area contributed by atoms with Crippen molar-refractivity contribution in [3.8, 4) is 5.69 Å². The second-order valence-electron chi connectivity index (χ2n) is 8.26. The van der Waals surface area contributed by atoms with Gasteiger partial charge in [0.25, 0.3) is 0 Å². The van der Waals surface area contributed by atoms with Gasteiger partial charge in [-0.05, 0) is 55.8 Å². The molecule has 0 spiro atoms. The summed E-state index contributed by atoms with van der Waals surface area (Å²) in [4.78, 5) is 37.4. The number of aromatic nitrogens is 1. The first-order chi connectivity index (χ1) is 16.2. The minimum atomic E-state index is -1.40. The first kappa shape index (κ1) is 26.2. The Hall–Kier alpha value is -3.41. The zero-order chi connectivity index (χ0) is 26.2. The summed E-state index contributed by atoms with van der Waals surface area (Å²) in [5.74, 6) is -6.24. The lowest BCUT2D eigenvalue weighted by atomic mass is 10.1. The number of rotatable bonds is 4. The van der Waals surface area contributed by atoms with E-state index in [0.717, 1.165) is 16.8 Å². The van der Waals surface area contributed by atoms with Crippen LogP contribution in [0.3, 0.4) is 0 Å². The van der Waals surface area contributed by atoms with Crippen LogP contribution in [-0.2, 0) is 9.47 Å². The molecule has 3 rings (SSSR count). The van der Waals surface area contributed by atoms with Gasteiger partial charge in [-0.2, -0.15) is 0 Å². The molecule has 12 heteroatoms. The summed E-state index contributed by atoms with van der Waals surface area (Å²) < 4.78 is 68.1. The first-order valence-electron chi connectivity index (χ1n) is 10.1. The third kappa shape index (κ3) is 5.31. The van der Waals surface area contributed by atoms with Gasteiger partial charge >= 0.3 is 12.1 Å². The Kier molecular flexibility index (Phi) is 7.25. The molecule has 0 fully saturated rings. The van der Waals surface area contributed by atoms with Crippen molar-refractivity contribution in [2.24, 2.45) is 0 Å². The molecule has 186 valence electrons. The second kappa shape index (κ2) is 9.68. The first-order valence-corrected chi connectivity index (χ1v) is 10.9. The van der Waals surface area contributed by atoms with Crippen LogP contribution in [0, 0.1) is 23.3 Å². The van der Waals surface area contributed by atoms with Gasteiger partial charge in [-0.1, -0.05) is 0 Å². The molecule has 0 radical (unpaired) electrons. The van der Waals surface area contributed by atoms with Crippen molar-refractivity contribution in [1.29, 1.82) is 0 Å². The lowest BCUT2D eigenvalue weighted by Crippen LogP contribution is -2.27. The number of carbonyl (C=O) groups excluding carboxylic acids is 2. The van der Waals surface area contributed by atoms with Crippen LogP contribution in [-0.4, -0.2) is 28.8 Å². The van der Waals surface area contributed by atoms with E-state index in [1.165, 1.54) is 6.92 Å². The van der Waals surface area contributed by atoms with Crippen molar-refractivity contribution in [3.63, 3.8) is 0 Å². The van der Waals surface area contributed by atoms with Crippen molar-refractivity contribution in [1.82, 2.24) is 4.57 Å². The number of benzene rings is 2. The van der Waals surface area contributed by atoms with Crippen molar-refractivity contribution < 1.29 is 36.6 Å². The minimum absolute atomic E-state index is 0.105. The fraction of sp³-hybridized carbons (Fsp3) is 0.261. The largest absolute Gasteiger partial charge is 0.462 e.